The van der Waals surface area contributed by atoms with Crippen molar-refractivity contribution in [1.29, 1.82) is 0 Å². The maximum Gasteiger partial charge on any atom is 0.195 e. The van der Waals surface area contributed by atoms with Crippen LogP contribution in [0.1, 0.15) is 24.1 Å². The molecule has 4 nitrogen and oxygen atoms in total. The van der Waals surface area contributed by atoms with Gasteiger partial charge in [-0.1, -0.05) is 18.5 Å². The second kappa shape index (κ2) is 5.81. The first-order valence-electron chi connectivity index (χ1n) is 6.48. The number of oxazole rings is 1. The van der Waals surface area contributed by atoms with Gasteiger partial charge in [-0.25, -0.2) is 9.97 Å². The number of aromatic nitrogens is 2. The number of anilines is 1. The van der Waals surface area contributed by atoms with Crippen molar-refractivity contribution in [2.24, 2.45) is 0 Å². The Morgan fingerprint density at radius 3 is 3.05 bits per heavy atom. The lowest BCUT2D eigenvalue weighted by molar-refractivity contribution is 0.525. The predicted octanol–water partition coefficient (Wildman–Crippen LogP) is 4.50. The summed E-state index contributed by atoms with van der Waals surface area (Å²) in [6.07, 6.45) is 3.69. The maximum atomic E-state index is 5.81. The Labute approximate surface area is 125 Å². The molecule has 0 spiro atoms. The van der Waals surface area contributed by atoms with Crippen LogP contribution < -0.4 is 5.32 Å². The van der Waals surface area contributed by atoms with Gasteiger partial charge in [0.05, 0.1) is 6.54 Å². The molecule has 0 aliphatic rings. The Bertz CT molecular complexity index is 722. The Hall–Kier alpha value is -1.59. The first-order chi connectivity index (χ1) is 9.74. The van der Waals surface area contributed by atoms with Crippen molar-refractivity contribution in [2.75, 3.05) is 5.32 Å². The number of halogens is 1. The third kappa shape index (κ3) is 2.94. The van der Waals surface area contributed by atoms with E-state index < -0.39 is 0 Å². The zero-order valence-corrected chi connectivity index (χ0v) is 12.6. The molecular weight excluding hydrogens is 294 g/mol. The van der Waals surface area contributed by atoms with Crippen molar-refractivity contribution in [3.8, 4) is 0 Å². The van der Waals surface area contributed by atoms with E-state index in [2.05, 4.69) is 22.2 Å². The van der Waals surface area contributed by atoms with E-state index in [9.17, 15) is 0 Å². The average molecular weight is 308 g/mol. The molecule has 6 heteroatoms. The Morgan fingerprint density at radius 1 is 1.40 bits per heavy atom. The van der Waals surface area contributed by atoms with Gasteiger partial charge >= 0.3 is 0 Å². The van der Waals surface area contributed by atoms with E-state index >= 15 is 0 Å². The first kappa shape index (κ1) is 13.4. The second-order valence-corrected chi connectivity index (χ2v) is 6.17. The standard InChI is InChI=1S/C14H14ClN3OS/c1-2-3-13-18-11-5-4-9(6-12(11)19-13)16-7-10-8-17-14(15)20-10/h4-6,8,16H,2-3,7H2,1H3. The topological polar surface area (TPSA) is 51.0 Å². The lowest BCUT2D eigenvalue weighted by Crippen LogP contribution is -1.96. The zero-order valence-electron chi connectivity index (χ0n) is 11.0. The molecule has 0 aliphatic heterocycles. The van der Waals surface area contributed by atoms with Crippen molar-refractivity contribution in [1.82, 2.24) is 9.97 Å². The van der Waals surface area contributed by atoms with E-state index in [1.807, 2.05) is 18.2 Å². The minimum atomic E-state index is 0.566. The summed E-state index contributed by atoms with van der Waals surface area (Å²) in [7, 11) is 0. The molecule has 0 fully saturated rings. The van der Waals surface area contributed by atoms with Crippen LogP contribution in [-0.2, 0) is 13.0 Å². The van der Waals surface area contributed by atoms with Gasteiger partial charge < -0.3 is 9.73 Å². The average Bonchev–Trinajstić information content (AvgIpc) is 3.02. The van der Waals surface area contributed by atoms with Crippen LogP contribution in [0.4, 0.5) is 5.69 Å². The van der Waals surface area contributed by atoms with Crippen molar-refractivity contribution in [2.45, 2.75) is 26.3 Å². The lowest BCUT2D eigenvalue weighted by Gasteiger charge is -2.03. The normalized spacial score (nSPS) is 11.1. The fourth-order valence-corrected chi connectivity index (χ4v) is 2.88. The Balaban J connectivity index is 1.74. The van der Waals surface area contributed by atoms with Gasteiger partial charge in [0.15, 0.2) is 15.9 Å². The van der Waals surface area contributed by atoms with E-state index in [-0.39, 0.29) is 0 Å². The number of benzene rings is 1. The van der Waals surface area contributed by atoms with Crippen LogP contribution in [0.15, 0.2) is 28.8 Å². The highest BCUT2D eigenvalue weighted by molar-refractivity contribution is 7.15. The zero-order chi connectivity index (χ0) is 13.9. The third-order valence-electron chi connectivity index (χ3n) is 2.89. The fraction of sp³-hybridized carbons (Fsp3) is 0.286. The maximum absolute atomic E-state index is 5.81. The first-order valence-corrected chi connectivity index (χ1v) is 7.67. The number of thiazole rings is 1. The summed E-state index contributed by atoms with van der Waals surface area (Å²) in [4.78, 5) is 9.56. The van der Waals surface area contributed by atoms with Gasteiger partial charge in [-0.2, -0.15) is 0 Å². The monoisotopic (exact) mass is 307 g/mol. The molecule has 104 valence electrons. The molecular formula is C14H14ClN3OS. The summed E-state index contributed by atoms with van der Waals surface area (Å²) in [5, 5.41) is 3.33. The highest BCUT2D eigenvalue weighted by Gasteiger charge is 2.06. The molecule has 20 heavy (non-hydrogen) atoms. The number of aryl methyl sites for hydroxylation is 1. The molecule has 2 heterocycles. The number of fused-ring (bicyclic) bond motifs is 1. The second-order valence-electron chi connectivity index (χ2n) is 4.47. The largest absolute Gasteiger partial charge is 0.441 e. The van der Waals surface area contributed by atoms with Crippen molar-refractivity contribution in [3.63, 3.8) is 0 Å². The minimum Gasteiger partial charge on any atom is -0.441 e. The molecule has 0 saturated heterocycles. The number of nitrogens with one attached hydrogen (secondary N) is 1. The minimum absolute atomic E-state index is 0.566. The van der Waals surface area contributed by atoms with Gasteiger partial charge in [0, 0.05) is 29.2 Å². The van der Waals surface area contributed by atoms with E-state index in [0.29, 0.717) is 11.0 Å². The smallest absolute Gasteiger partial charge is 0.195 e. The van der Waals surface area contributed by atoms with E-state index in [4.69, 9.17) is 16.0 Å². The molecule has 0 bridgehead atoms. The Morgan fingerprint density at radius 2 is 2.30 bits per heavy atom. The van der Waals surface area contributed by atoms with Gasteiger partial charge in [0.25, 0.3) is 0 Å². The molecule has 2 aromatic heterocycles. The summed E-state index contributed by atoms with van der Waals surface area (Å²) in [5.41, 5.74) is 2.72. The van der Waals surface area contributed by atoms with Crippen molar-refractivity contribution in [3.05, 3.63) is 39.6 Å². The van der Waals surface area contributed by atoms with Crippen LogP contribution in [0.3, 0.4) is 0 Å². The summed E-state index contributed by atoms with van der Waals surface area (Å²) < 4.78 is 6.29. The molecule has 1 aromatic carbocycles. The summed E-state index contributed by atoms with van der Waals surface area (Å²) >= 11 is 7.29. The molecule has 0 saturated carbocycles. The quantitative estimate of drug-likeness (QED) is 0.754. The lowest BCUT2D eigenvalue weighted by atomic mass is 10.3. The SMILES string of the molecule is CCCc1nc2ccc(NCc3cnc(Cl)s3)cc2o1. The molecule has 0 unspecified atom stereocenters. The third-order valence-corrected chi connectivity index (χ3v) is 4.00. The van der Waals surface area contributed by atoms with Crippen molar-refractivity contribution >= 4 is 39.7 Å². The molecule has 3 aromatic rings. The van der Waals surface area contributed by atoms with Crippen LogP contribution in [0.25, 0.3) is 11.1 Å². The highest BCUT2D eigenvalue weighted by atomic mass is 35.5. The van der Waals surface area contributed by atoms with Gasteiger partial charge in [-0.15, -0.1) is 11.3 Å². The van der Waals surface area contributed by atoms with Crippen LogP contribution in [-0.4, -0.2) is 9.97 Å². The van der Waals surface area contributed by atoms with Crippen LogP contribution in [0.2, 0.25) is 4.47 Å². The number of rotatable bonds is 5. The van der Waals surface area contributed by atoms with Gasteiger partial charge in [0.1, 0.15) is 5.52 Å². The molecule has 0 radical (unpaired) electrons. The molecule has 0 amide bonds. The number of hydrogen-bond acceptors (Lipinski definition) is 5. The van der Waals surface area contributed by atoms with Gasteiger partial charge in [-0.05, 0) is 18.6 Å². The van der Waals surface area contributed by atoms with E-state index in [1.165, 1.54) is 11.3 Å². The molecule has 3 rings (SSSR count). The number of nitrogens with zero attached hydrogens (tertiary/aromatic N) is 2. The summed E-state index contributed by atoms with van der Waals surface area (Å²) in [5.74, 6) is 0.800. The van der Waals surface area contributed by atoms with E-state index in [0.717, 1.165) is 40.4 Å². The molecule has 1 N–H and O–H groups in total. The predicted molar refractivity (Wildman–Crippen MR) is 82.5 cm³/mol. The Kier molecular flexibility index (Phi) is 3.89. The summed E-state index contributed by atoms with van der Waals surface area (Å²) in [6.45, 7) is 2.81. The van der Waals surface area contributed by atoms with Crippen LogP contribution in [0, 0.1) is 0 Å². The van der Waals surface area contributed by atoms with E-state index in [1.54, 1.807) is 6.20 Å². The summed E-state index contributed by atoms with van der Waals surface area (Å²) in [6, 6.07) is 5.95. The molecule has 0 aliphatic carbocycles. The van der Waals surface area contributed by atoms with Gasteiger partial charge in [-0.3, -0.25) is 0 Å². The van der Waals surface area contributed by atoms with Crippen molar-refractivity contribution < 1.29 is 4.42 Å². The highest BCUT2D eigenvalue weighted by Crippen LogP contribution is 2.23. The fourth-order valence-electron chi connectivity index (χ4n) is 1.96. The number of hydrogen-bond donors (Lipinski definition) is 1. The van der Waals surface area contributed by atoms with Gasteiger partial charge in [0.2, 0.25) is 0 Å². The van der Waals surface area contributed by atoms with Crippen LogP contribution >= 0.6 is 22.9 Å². The molecule has 0 atom stereocenters. The van der Waals surface area contributed by atoms with Crippen LogP contribution in [0.5, 0.6) is 0 Å².